The first-order valence-electron chi connectivity index (χ1n) is 21.9. The minimum atomic E-state index is 0.198. The van der Waals surface area contributed by atoms with Crippen molar-refractivity contribution in [1.82, 2.24) is 13.7 Å². The summed E-state index contributed by atoms with van der Waals surface area (Å²) < 4.78 is 10.3. The van der Waals surface area contributed by atoms with Crippen LogP contribution in [0.5, 0.6) is 0 Å². The van der Waals surface area contributed by atoms with Gasteiger partial charge >= 0.3 is 302 Å². The Bertz CT molecular complexity index is 4140. The molecule has 0 saturated heterocycles. The zero-order valence-electron chi connectivity index (χ0n) is 34.6. The quantitative estimate of drug-likeness (QED) is 0.153. The van der Waals surface area contributed by atoms with E-state index in [9.17, 15) is 0 Å². The number of benzene rings is 10. The van der Waals surface area contributed by atoms with Crippen LogP contribution in [0.4, 0.5) is 0 Å². The molecule has 10 aromatic carbocycles. The molecule has 0 amide bonds. The average molecular weight is 879 g/mol. The maximum absolute atomic E-state index is 2.54. The summed E-state index contributed by atoms with van der Waals surface area (Å²) in [7, 11) is 0. The van der Waals surface area contributed by atoms with Gasteiger partial charge in [0.1, 0.15) is 0 Å². The number of fused-ring (bicyclic) bond motifs is 12. The molecule has 0 bridgehead atoms. The van der Waals surface area contributed by atoms with Crippen molar-refractivity contribution in [2.45, 2.75) is 0 Å². The van der Waals surface area contributed by atoms with Gasteiger partial charge in [-0.1, -0.05) is 36.4 Å². The molecule has 0 radical (unpaired) electrons. The van der Waals surface area contributed by atoms with E-state index < -0.39 is 0 Å². The normalized spacial score (nSPS) is 12.1. The fraction of sp³-hybridized carbons (Fsp3) is 0. The van der Waals surface area contributed by atoms with Crippen molar-refractivity contribution >= 4 is 99.2 Å². The maximum atomic E-state index is 2.54. The molecule has 14 rings (SSSR count). The SMILES string of the molecule is c1ccc(-c2ccccc2-c2ccc3[se]c4cccc(-n5c6ccccc6c6ccc(-n7c8ccccc8c8cc(-n9c%10ccccc%10c%10ccccc%109)ccc87)cc65)c4c3c2)cc1. The number of hydrogen-bond donors (Lipinski definition) is 0. The summed E-state index contributed by atoms with van der Waals surface area (Å²) in [4.78, 5) is 0. The Morgan fingerprint density at radius 1 is 0.266 bits per heavy atom. The zero-order valence-corrected chi connectivity index (χ0v) is 36.3. The van der Waals surface area contributed by atoms with E-state index in [1.807, 2.05) is 0 Å². The summed E-state index contributed by atoms with van der Waals surface area (Å²) in [6, 6.07) is 83.1. The van der Waals surface area contributed by atoms with Crippen molar-refractivity contribution in [3.8, 4) is 39.3 Å². The molecule has 0 aliphatic carbocycles. The molecule has 0 fully saturated rings. The van der Waals surface area contributed by atoms with Gasteiger partial charge in [-0.05, 0) is 12.1 Å². The topological polar surface area (TPSA) is 14.8 Å². The Balaban J connectivity index is 0.990. The van der Waals surface area contributed by atoms with E-state index in [4.69, 9.17) is 0 Å². The van der Waals surface area contributed by atoms with Gasteiger partial charge in [0.25, 0.3) is 0 Å². The van der Waals surface area contributed by atoms with Gasteiger partial charge in [-0.3, -0.25) is 0 Å². The number of para-hydroxylation sites is 4. The number of rotatable bonds is 5. The Hall–Kier alpha value is -7.88. The molecule has 4 aromatic heterocycles. The monoisotopic (exact) mass is 879 g/mol. The van der Waals surface area contributed by atoms with E-state index in [1.54, 1.807) is 0 Å². The van der Waals surface area contributed by atoms with E-state index in [1.165, 1.54) is 113 Å². The van der Waals surface area contributed by atoms with Crippen molar-refractivity contribution < 1.29 is 0 Å². The van der Waals surface area contributed by atoms with Gasteiger partial charge in [0.2, 0.25) is 0 Å². The second-order valence-electron chi connectivity index (χ2n) is 16.9. The molecule has 3 nitrogen and oxygen atoms in total. The second kappa shape index (κ2) is 13.8. The second-order valence-corrected chi connectivity index (χ2v) is 19.1. The van der Waals surface area contributed by atoms with Gasteiger partial charge in [-0.2, -0.15) is 0 Å². The number of aromatic nitrogens is 3. The van der Waals surface area contributed by atoms with Crippen molar-refractivity contribution in [1.29, 1.82) is 0 Å². The van der Waals surface area contributed by atoms with Crippen LogP contribution in [0, 0.1) is 0 Å². The minimum absolute atomic E-state index is 0.198. The third-order valence-corrected chi connectivity index (χ3v) is 15.8. The van der Waals surface area contributed by atoms with Crippen molar-refractivity contribution in [3.63, 3.8) is 0 Å². The molecule has 14 aromatic rings. The van der Waals surface area contributed by atoms with Crippen LogP contribution in [0.15, 0.2) is 224 Å². The molecular formula is C60H37N3Se. The summed E-state index contributed by atoms with van der Waals surface area (Å²) >= 11 is 0.198. The van der Waals surface area contributed by atoms with E-state index in [-0.39, 0.29) is 14.5 Å². The van der Waals surface area contributed by atoms with Gasteiger partial charge in [0.05, 0.1) is 11.0 Å². The molecular weight excluding hydrogens is 842 g/mol. The molecule has 0 N–H and O–H groups in total. The van der Waals surface area contributed by atoms with Crippen molar-refractivity contribution in [2.24, 2.45) is 0 Å². The summed E-state index contributed by atoms with van der Waals surface area (Å²) in [5.74, 6) is 0. The van der Waals surface area contributed by atoms with Gasteiger partial charge < -0.3 is 4.57 Å². The first-order chi connectivity index (χ1) is 31.8. The molecule has 0 saturated carbocycles. The standard InChI is InChI=1S/C60H37N3Se/c1-2-15-38(16-3-1)42-17-4-5-18-43(42)39-29-34-58-50(35-39)60-56(27-14-28-59(60)64-58)63-54-26-13-8-21-46(54)48-32-30-41(37-57(48)63)62-53-25-12-9-22-47(53)49-36-40(31-33-55(49)62)61-51-23-10-6-19-44(51)45-20-7-11-24-52(45)61/h1-37H. The van der Waals surface area contributed by atoms with Crippen LogP contribution in [0.3, 0.4) is 0 Å². The molecule has 4 heterocycles. The van der Waals surface area contributed by atoms with Gasteiger partial charge in [-0.25, -0.2) is 0 Å². The van der Waals surface area contributed by atoms with Crippen molar-refractivity contribution in [2.75, 3.05) is 0 Å². The van der Waals surface area contributed by atoms with Crippen LogP contribution >= 0.6 is 0 Å². The molecule has 0 spiro atoms. The number of nitrogens with zero attached hydrogens (tertiary/aromatic N) is 3. The molecule has 64 heavy (non-hydrogen) atoms. The molecule has 0 aliphatic rings. The fourth-order valence-corrected chi connectivity index (χ4v) is 13.0. The fourth-order valence-electron chi connectivity index (χ4n) is 10.7. The Morgan fingerprint density at radius 2 is 0.781 bits per heavy atom. The molecule has 0 atom stereocenters. The van der Waals surface area contributed by atoms with E-state index in [0.29, 0.717) is 0 Å². The third-order valence-electron chi connectivity index (χ3n) is 13.4. The molecule has 0 unspecified atom stereocenters. The van der Waals surface area contributed by atoms with Crippen LogP contribution in [0.1, 0.15) is 0 Å². The summed E-state index contributed by atoms with van der Waals surface area (Å²) in [6.07, 6.45) is 0. The predicted octanol–water partition coefficient (Wildman–Crippen LogP) is 15.7. The first kappa shape index (κ1) is 35.7. The number of hydrogen-bond acceptors (Lipinski definition) is 0. The predicted molar refractivity (Wildman–Crippen MR) is 272 cm³/mol. The first-order valence-corrected chi connectivity index (χ1v) is 23.6. The summed E-state index contributed by atoms with van der Waals surface area (Å²) in [5, 5.41) is 10.2. The van der Waals surface area contributed by atoms with Crippen LogP contribution in [0.25, 0.3) is 124 Å². The Labute approximate surface area is 374 Å². The Kier molecular flexibility index (Phi) is 7.70. The average Bonchev–Trinajstić information content (AvgIpc) is 4.10. The molecule has 0 aliphatic heterocycles. The van der Waals surface area contributed by atoms with Crippen LogP contribution in [0.2, 0.25) is 0 Å². The van der Waals surface area contributed by atoms with E-state index in [2.05, 4.69) is 238 Å². The van der Waals surface area contributed by atoms with E-state index >= 15 is 0 Å². The molecule has 4 heteroatoms. The molecule has 298 valence electrons. The summed E-state index contributed by atoms with van der Waals surface area (Å²) in [5.41, 5.74) is 15.8. The van der Waals surface area contributed by atoms with Gasteiger partial charge in [0.15, 0.2) is 0 Å². The van der Waals surface area contributed by atoms with Crippen LogP contribution < -0.4 is 0 Å². The zero-order chi connectivity index (χ0) is 41.9. The van der Waals surface area contributed by atoms with Crippen LogP contribution in [-0.4, -0.2) is 28.2 Å². The summed E-state index contributed by atoms with van der Waals surface area (Å²) in [6.45, 7) is 0. The third kappa shape index (κ3) is 5.15. The van der Waals surface area contributed by atoms with Crippen LogP contribution in [-0.2, 0) is 0 Å². The van der Waals surface area contributed by atoms with Crippen molar-refractivity contribution in [3.05, 3.63) is 224 Å². The van der Waals surface area contributed by atoms with E-state index in [0.717, 1.165) is 11.4 Å². The van der Waals surface area contributed by atoms with Gasteiger partial charge in [0, 0.05) is 10.8 Å². The van der Waals surface area contributed by atoms with Gasteiger partial charge in [-0.15, -0.1) is 0 Å². The Morgan fingerprint density at radius 3 is 1.45 bits per heavy atom.